The fourth-order valence-corrected chi connectivity index (χ4v) is 7.04. The van der Waals surface area contributed by atoms with Crippen LogP contribution in [-0.4, -0.2) is 45.7 Å². The lowest BCUT2D eigenvalue weighted by Gasteiger charge is -2.44. The lowest BCUT2D eigenvalue weighted by molar-refractivity contribution is 0.00584. The summed E-state index contributed by atoms with van der Waals surface area (Å²) in [6.45, 7) is 2.92. The van der Waals surface area contributed by atoms with Gasteiger partial charge in [0.25, 0.3) is 0 Å². The van der Waals surface area contributed by atoms with Gasteiger partial charge in [0.2, 0.25) is 0 Å². The summed E-state index contributed by atoms with van der Waals surface area (Å²) in [7, 11) is -4.00. The van der Waals surface area contributed by atoms with Crippen molar-refractivity contribution in [3.63, 3.8) is 0 Å². The standard InChI is InChI=1S/C22H24ClF2NO3S/c23-16-1-4-19(5-2-16)30(27,28)22(20-15-17(24)3-6-21(20)25)9-7-18(8-10-22)26-11-13-29-14-12-26/h1-6,15,18H,7-14H2. The summed E-state index contributed by atoms with van der Waals surface area (Å²) >= 11 is 5.93. The highest BCUT2D eigenvalue weighted by Crippen LogP contribution is 2.48. The molecule has 30 heavy (non-hydrogen) atoms. The molecule has 1 heterocycles. The molecule has 0 unspecified atom stereocenters. The summed E-state index contributed by atoms with van der Waals surface area (Å²) in [5.41, 5.74) is -0.0853. The van der Waals surface area contributed by atoms with Crippen LogP contribution >= 0.6 is 11.6 Å². The van der Waals surface area contributed by atoms with Crippen molar-refractivity contribution in [2.75, 3.05) is 26.3 Å². The first-order valence-electron chi connectivity index (χ1n) is 10.1. The molecule has 0 atom stereocenters. The lowest BCUT2D eigenvalue weighted by atomic mass is 9.80. The van der Waals surface area contributed by atoms with E-state index in [1.165, 1.54) is 24.3 Å². The maximum absolute atomic E-state index is 14.9. The van der Waals surface area contributed by atoms with E-state index in [4.69, 9.17) is 16.3 Å². The van der Waals surface area contributed by atoms with Crippen molar-refractivity contribution >= 4 is 21.4 Å². The second-order valence-corrected chi connectivity index (χ2v) is 10.7. The van der Waals surface area contributed by atoms with Crippen molar-refractivity contribution in [3.05, 3.63) is 64.7 Å². The second-order valence-electron chi connectivity index (χ2n) is 7.96. The van der Waals surface area contributed by atoms with E-state index in [1.807, 2.05) is 0 Å². The molecular formula is C22H24ClF2NO3S. The molecule has 2 aliphatic rings. The van der Waals surface area contributed by atoms with E-state index in [1.54, 1.807) is 0 Å². The Labute approximate surface area is 180 Å². The number of hydrogen-bond acceptors (Lipinski definition) is 4. The van der Waals surface area contributed by atoms with Crippen molar-refractivity contribution in [3.8, 4) is 0 Å². The van der Waals surface area contributed by atoms with Crippen molar-refractivity contribution < 1.29 is 21.9 Å². The largest absolute Gasteiger partial charge is 0.379 e. The molecule has 0 spiro atoms. The van der Waals surface area contributed by atoms with Crippen LogP contribution in [0.25, 0.3) is 0 Å². The first kappa shape index (κ1) is 21.7. The van der Waals surface area contributed by atoms with Gasteiger partial charge in [-0.05, 0) is 68.1 Å². The average molecular weight is 456 g/mol. The van der Waals surface area contributed by atoms with Crippen LogP contribution in [0.4, 0.5) is 8.78 Å². The van der Waals surface area contributed by atoms with Crippen LogP contribution in [0.5, 0.6) is 0 Å². The summed E-state index contributed by atoms with van der Waals surface area (Å²) < 4.78 is 60.5. The van der Waals surface area contributed by atoms with Gasteiger partial charge in [0.05, 0.1) is 18.1 Å². The summed E-state index contributed by atoms with van der Waals surface area (Å²) in [6, 6.07) is 9.15. The number of nitrogens with zero attached hydrogens (tertiary/aromatic N) is 1. The summed E-state index contributed by atoms with van der Waals surface area (Å²) in [4.78, 5) is 2.38. The summed E-state index contributed by atoms with van der Waals surface area (Å²) in [6.07, 6.45) is 1.62. The fourth-order valence-electron chi connectivity index (χ4n) is 4.75. The van der Waals surface area contributed by atoms with E-state index in [-0.39, 0.29) is 29.3 Å². The van der Waals surface area contributed by atoms with Crippen LogP contribution in [-0.2, 0) is 19.3 Å². The van der Waals surface area contributed by atoms with E-state index >= 15 is 0 Å². The number of rotatable bonds is 4. The average Bonchev–Trinajstić information content (AvgIpc) is 2.76. The van der Waals surface area contributed by atoms with Crippen molar-refractivity contribution in [1.82, 2.24) is 4.90 Å². The van der Waals surface area contributed by atoms with Gasteiger partial charge in [0.15, 0.2) is 9.84 Å². The Balaban J connectivity index is 1.75. The minimum atomic E-state index is -4.00. The number of hydrogen-bond donors (Lipinski definition) is 0. The molecule has 1 aliphatic heterocycles. The highest BCUT2D eigenvalue weighted by atomic mass is 35.5. The van der Waals surface area contributed by atoms with Crippen LogP contribution in [0.15, 0.2) is 47.4 Å². The zero-order valence-electron chi connectivity index (χ0n) is 16.5. The topological polar surface area (TPSA) is 46.6 Å². The van der Waals surface area contributed by atoms with Crippen molar-refractivity contribution in [2.24, 2.45) is 0 Å². The van der Waals surface area contributed by atoms with Gasteiger partial charge in [0.1, 0.15) is 16.4 Å². The zero-order chi connectivity index (χ0) is 21.4. The summed E-state index contributed by atoms with van der Waals surface area (Å²) in [5, 5.41) is 0.413. The predicted octanol–water partition coefficient (Wildman–Crippen LogP) is 4.56. The molecule has 2 fully saturated rings. The Hall–Kier alpha value is -1.54. The number of morpholine rings is 1. The van der Waals surface area contributed by atoms with Gasteiger partial charge in [-0.3, -0.25) is 4.90 Å². The van der Waals surface area contributed by atoms with Gasteiger partial charge in [0, 0.05) is 29.7 Å². The predicted molar refractivity (Wildman–Crippen MR) is 111 cm³/mol. The smallest absolute Gasteiger partial charge is 0.188 e. The molecule has 0 bridgehead atoms. The quantitative estimate of drug-likeness (QED) is 0.678. The molecule has 0 amide bonds. The number of ether oxygens (including phenoxy) is 1. The second kappa shape index (κ2) is 8.54. The molecule has 1 saturated carbocycles. The molecule has 0 N–H and O–H groups in total. The fraction of sp³-hybridized carbons (Fsp3) is 0.455. The van der Waals surface area contributed by atoms with Gasteiger partial charge in [-0.1, -0.05) is 11.6 Å². The van der Waals surface area contributed by atoms with Crippen LogP contribution in [0, 0.1) is 11.6 Å². The van der Waals surface area contributed by atoms with Gasteiger partial charge in [-0.2, -0.15) is 0 Å². The third kappa shape index (κ3) is 3.88. The van der Waals surface area contributed by atoms with E-state index < -0.39 is 26.2 Å². The summed E-state index contributed by atoms with van der Waals surface area (Å²) in [5.74, 6) is -1.34. The van der Waals surface area contributed by atoms with Gasteiger partial charge < -0.3 is 4.74 Å². The monoisotopic (exact) mass is 455 g/mol. The van der Waals surface area contributed by atoms with Crippen molar-refractivity contribution in [1.29, 1.82) is 0 Å². The molecule has 2 aromatic carbocycles. The zero-order valence-corrected chi connectivity index (χ0v) is 18.1. The minimum Gasteiger partial charge on any atom is -0.379 e. The SMILES string of the molecule is O=S(=O)(c1ccc(Cl)cc1)C1(c2cc(F)ccc2F)CCC(N2CCOCC2)CC1. The number of sulfone groups is 1. The molecule has 1 saturated heterocycles. The first-order chi connectivity index (χ1) is 14.3. The van der Waals surface area contributed by atoms with E-state index in [9.17, 15) is 17.2 Å². The third-order valence-electron chi connectivity index (χ3n) is 6.38. The van der Waals surface area contributed by atoms with Gasteiger partial charge >= 0.3 is 0 Å². The Kier molecular flexibility index (Phi) is 6.17. The molecule has 8 heteroatoms. The maximum Gasteiger partial charge on any atom is 0.188 e. The molecular weight excluding hydrogens is 432 g/mol. The maximum atomic E-state index is 14.9. The first-order valence-corrected chi connectivity index (χ1v) is 12.0. The highest BCUT2D eigenvalue weighted by molar-refractivity contribution is 7.92. The minimum absolute atomic E-state index is 0.0698. The Bertz CT molecular complexity index is 1000. The Morgan fingerprint density at radius 1 is 1.00 bits per heavy atom. The molecule has 4 rings (SSSR count). The van der Waals surface area contributed by atoms with E-state index in [0.717, 1.165) is 31.3 Å². The van der Waals surface area contributed by atoms with Gasteiger partial charge in [-0.25, -0.2) is 17.2 Å². The normalized spacial score (nSPS) is 25.9. The Morgan fingerprint density at radius 3 is 2.27 bits per heavy atom. The Morgan fingerprint density at radius 2 is 1.63 bits per heavy atom. The highest BCUT2D eigenvalue weighted by Gasteiger charge is 2.50. The third-order valence-corrected chi connectivity index (χ3v) is 9.18. The van der Waals surface area contributed by atoms with Crippen molar-refractivity contribution in [2.45, 2.75) is 41.4 Å². The lowest BCUT2D eigenvalue weighted by Crippen LogP contribution is -2.49. The van der Waals surface area contributed by atoms with Crippen LogP contribution in [0.2, 0.25) is 5.02 Å². The van der Waals surface area contributed by atoms with E-state index in [2.05, 4.69) is 4.90 Å². The molecule has 2 aromatic rings. The molecule has 0 radical (unpaired) electrons. The van der Waals surface area contributed by atoms with Gasteiger partial charge in [-0.15, -0.1) is 0 Å². The number of benzene rings is 2. The number of halogens is 3. The molecule has 4 nitrogen and oxygen atoms in total. The molecule has 0 aromatic heterocycles. The van der Waals surface area contributed by atoms with Crippen LogP contribution in [0.1, 0.15) is 31.2 Å². The van der Waals surface area contributed by atoms with Crippen LogP contribution < -0.4 is 0 Å². The van der Waals surface area contributed by atoms with E-state index in [0.29, 0.717) is 31.1 Å². The molecule has 162 valence electrons. The van der Waals surface area contributed by atoms with Crippen LogP contribution in [0.3, 0.4) is 0 Å². The molecule has 1 aliphatic carbocycles.